The van der Waals surface area contributed by atoms with Crippen molar-refractivity contribution in [1.29, 1.82) is 0 Å². The number of methoxy groups -OCH3 is 1. The predicted molar refractivity (Wildman–Crippen MR) is 109 cm³/mol. The molecule has 0 aromatic heterocycles. The van der Waals surface area contributed by atoms with Gasteiger partial charge in [0, 0.05) is 19.2 Å². The quantitative estimate of drug-likeness (QED) is 0.775. The number of esters is 1. The lowest BCUT2D eigenvalue weighted by Crippen LogP contribution is -2.43. The number of carbonyl (C=O) groups is 3. The van der Waals surface area contributed by atoms with Crippen LogP contribution in [0.25, 0.3) is 0 Å². The van der Waals surface area contributed by atoms with Gasteiger partial charge in [0.15, 0.2) is 5.17 Å². The van der Waals surface area contributed by atoms with Gasteiger partial charge in [-0.05, 0) is 42.5 Å². The van der Waals surface area contributed by atoms with Crippen molar-refractivity contribution in [3.05, 3.63) is 59.9 Å². The Morgan fingerprint density at radius 2 is 1.97 bits per heavy atom. The summed E-state index contributed by atoms with van der Waals surface area (Å²) in [4.78, 5) is 42.1. The Bertz CT molecular complexity index is 978. The van der Waals surface area contributed by atoms with Crippen molar-refractivity contribution in [2.24, 2.45) is 4.99 Å². The molecule has 1 aliphatic rings. The predicted octanol–water partition coefficient (Wildman–Crippen LogP) is 3.20. The van der Waals surface area contributed by atoms with Gasteiger partial charge in [0.1, 0.15) is 11.1 Å². The molecule has 3 rings (SSSR count). The van der Waals surface area contributed by atoms with E-state index in [9.17, 15) is 18.8 Å². The molecular weight excluding hydrogens is 397 g/mol. The van der Waals surface area contributed by atoms with Crippen LogP contribution in [0.2, 0.25) is 0 Å². The number of nitrogens with zero attached hydrogens (tertiary/aromatic N) is 2. The zero-order valence-corrected chi connectivity index (χ0v) is 16.5. The molecule has 1 aliphatic heterocycles. The second-order valence-corrected chi connectivity index (χ2v) is 7.37. The highest BCUT2D eigenvalue weighted by molar-refractivity contribution is 8.15. The van der Waals surface area contributed by atoms with Crippen molar-refractivity contribution >= 4 is 46.1 Å². The molecule has 9 heteroatoms. The van der Waals surface area contributed by atoms with Gasteiger partial charge in [0.2, 0.25) is 11.8 Å². The van der Waals surface area contributed by atoms with Crippen LogP contribution in [0.1, 0.15) is 16.8 Å². The van der Waals surface area contributed by atoms with E-state index in [2.05, 4.69) is 15.0 Å². The van der Waals surface area contributed by atoms with Crippen LogP contribution >= 0.6 is 11.8 Å². The molecule has 29 heavy (non-hydrogen) atoms. The Hall–Kier alpha value is -3.20. The number of thioether (sulfide) groups is 1. The molecule has 0 spiro atoms. The molecule has 1 N–H and O–H groups in total. The van der Waals surface area contributed by atoms with Gasteiger partial charge in [-0.2, -0.15) is 0 Å². The molecular formula is C20H18FN3O4S. The largest absolute Gasteiger partial charge is 0.465 e. The lowest BCUT2D eigenvalue weighted by atomic mass is 10.2. The van der Waals surface area contributed by atoms with Gasteiger partial charge in [-0.3, -0.25) is 14.5 Å². The maximum atomic E-state index is 13.4. The van der Waals surface area contributed by atoms with Crippen LogP contribution in [0.4, 0.5) is 15.8 Å². The Balaban J connectivity index is 1.73. The first kappa shape index (κ1) is 20.5. The van der Waals surface area contributed by atoms with Crippen LogP contribution in [0.3, 0.4) is 0 Å². The third kappa shape index (κ3) is 5.00. The summed E-state index contributed by atoms with van der Waals surface area (Å²) in [5, 5.41) is 2.35. The van der Waals surface area contributed by atoms with Crippen LogP contribution in [0, 0.1) is 5.82 Å². The highest BCUT2D eigenvalue weighted by Gasteiger charge is 2.34. The van der Waals surface area contributed by atoms with E-state index >= 15 is 0 Å². The first-order chi connectivity index (χ1) is 13.9. The van der Waals surface area contributed by atoms with Gasteiger partial charge in [-0.15, -0.1) is 0 Å². The van der Waals surface area contributed by atoms with Crippen LogP contribution in [-0.4, -0.2) is 47.3 Å². The Labute approximate surface area is 170 Å². The minimum Gasteiger partial charge on any atom is -0.465 e. The van der Waals surface area contributed by atoms with Crippen molar-refractivity contribution in [2.75, 3.05) is 19.5 Å². The van der Waals surface area contributed by atoms with E-state index in [0.717, 1.165) is 11.8 Å². The molecule has 0 radical (unpaired) electrons. The van der Waals surface area contributed by atoms with Gasteiger partial charge in [-0.25, -0.2) is 14.2 Å². The van der Waals surface area contributed by atoms with E-state index in [0.29, 0.717) is 22.1 Å². The van der Waals surface area contributed by atoms with Crippen molar-refractivity contribution in [3.8, 4) is 0 Å². The van der Waals surface area contributed by atoms with Crippen LogP contribution in [0.5, 0.6) is 0 Å². The highest BCUT2D eigenvalue weighted by Crippen LogP contribution is 2.29. The number of hydrogen-bond acceptors (Lipinski definition) is 6. The number of benzene rings is 2. The van der Waals surface area contributed by atoms with Crippen LogP contribution < -0.4 is 5.32 Å². The van der Waals surface area contributed by atoms with E-state index in [1.165, 1.54) is 42.3 Å². The first-order valence-corrected chi connectivity index (χ1v) is 9.52. The molecule has 1 unspecified atom stereocenters. The van der Waals surface area contributed by atoms with Gasteiger partial charge < -0.3 is 10.1 Å². The number of aliphatic imine (C=N–C) groups is 1. The Morgan fingerprint density at radius 1 is 1.24 bits per heavy atom. The number of halogens is 1. The Morgan fingerprint density at radius 3 is 2.62 bits per heavy atom. The number of ether oxygens (including phenoxy) is 1. The number of anilines is 1. The summed E-state index contributed by atoms with van der Waals surface area (Å²) in [6.07, 6.45) is 0.00934. The highest BCUT2D eigenvalue weighted by atomic mass is 32.2. The van der Waals surface area contributed by atoms with Gasteiger partial charge in [-0.1, -0.05) is 17.8 Å². The molecule has 0 aliphatic carbocycles. The lowest BCUT2D eigenvalue weighted by Gasteiger charge is -2.28. The second kappa shape index (κ2) is 8.87. The third-order valence-electron chi connectivity index (χ3n) is 4.17. The van der Waals surface area contributed by atoms with E-state index in [1.807, 2.05) is 0 Å². The first-order valence-electron chi connectivity index (χ1n) is 8.64. The molecule has 1 heterocycles. The van der Waals surface area contributed by atoms with Crippen LogP contribution in [-0.2, 0) is 14.3 Å². The molecule has 7 nitrogen and oxygen atoms in total. The number of rotatable bonds is 4. The van der Waals surface area contributed by atoms with Crippen molar-refractivity contribution < 1.29 is 23.5 Å². The average Bonchev–Trinajstić information content (AvgIpc) is 2.71. The second-order valence-electron chi connectivity index (χ2n) is 6.20. The summed E-state index contributed by atoms with van der Waals surface area (Å²) in [5.74, 6) is -1.54. The fourth-order valence-corrected chi connectivity index (χ4v) is 3.65. The molecule has 1 fully saturated rings. The fraction of sp³-hybridized carbons (Fsp3) is 0.200. The molecule has 2 amide bonds. The van der Waals surface area contributed by atoms with Gasteiger partial charge >= 0.3 is 5.97 Å². The number of carbonyl (C=O) groups excluding carboxylic acids is 3. The zero-order valence-electron chi connectivity index (χ0n) is 15.7. The monoisotopic (exact) mass is 415 g/mol. The minimum absolute atomic E-state index is 0.00934. The molecule has 1 atom stereocenters. The number of nitrogens with one attached hydrogen (secondary N) is 1. The molecule has 150 valence electrons. The topological polar surface area (TPSA) is 88.1 Å². The van der Waals surface area contributed by atoms with Crippen LogP contribution in [0.15, 0.2) is 53.5 Å². The molecule has 2 aromatic carbocycles. The van der Waals surface area contributed by atoms with Crippen molar-refractivity contribution in [1.82, 2.24) is 4.90 Å². The summed E-state index contributed by atoms with van der Waals surface area (Å²) in [6.45, 7) is 0. The number of amidine groups is 1. The SMILES string of the molecule is COC(=O)c1ccc(NC(=O)C2CC(=O)N(C)C(=Nc3cccc(F)c3)S2)cc1. The molecule has 0 bridgehead atoms. The maximum absolute atomic E-state index is 13.4. The fourth-order valence-electron chi connectivity index (χ4n) is 2.58. The maximum Gasteiger partial charge on any atom is 0.337 e. The van der Waals surface area contributed by atoms with Gasteiger partial charge in [0.25, 0.3) is 0 Å². The van der Waals surface area contributed by atoms with E-state index in [-0.39, 0.29) is 18.2 Å². The summed E-state index contributed by atoms with van der Waals surface area (Å²) in [5.41, 5.74) is 1.20. The minimum atomic E-state index is -0.689. The molecule has 1 saturated heterocycles. The van der Waals surface area contributed by atoms with Gasteiger partial charge in [0.05, 0.1) is 18.4 Å². The molecule has 0 saturated carbocycles. The van der Waals surface area contributed by atoms with E-state index < -0.39 is 17.0 Å². The summed E-state index contributed by atoms with van der Waals surface area (Å²) in [6, 6.07) is 11.9. The summed E-state index contributed by atoms with van der Waals surface area (Å²) in [7, 11) is 2.85. The smallest absolute Gasteiger partial charge is 0.337 e. The number of hydrogen-bond donors (Lipinski definition) is 1. The lowest BCUT2D eigenvalue weighted by molar-refractivity contribution is -0.128. The standard InChI is InChI=1S/C20H18FN3O4S/c1-24-17(25)11-16(29-20(24)23-15-5-3-4-13(21)10-15)18(26)22-14-8-6-12(7-9-14)19(27)28-2/h3-10,16H,11H2,1-2H3,(H,22,26). The van der Waals surface area contributed by atoms with Crippen molar-refractivity contribution in [3.63, 3.8) is 0 Å². The van der Waals surface area contributed by atoms with E-state index in [4.69, 9.17) is 0 Å². The average molecular weight is 415 g/mol. The number of amides is 2. The summed E-state index contributed by atoms with van der Waals surface area (Å²) >= 11 is 1.13. The Kier molecular flexibility index (Phi) is 6.28. The third-order valence-corrected chi connectivity index (χ3v) is 5.41. The van der Waals surface area contributed by atoms with E-state index in [1.54, 1.807) is 25.2 Å². The molecule has 2 aromatic rings. The normalized spacial score (nSPS) is 17.9. The van der Waals surface area contributed by atoms with Crippen molar-refractivity contribution in [2.45, 2.75) is 11.7 Å². The summed E-state index contributed by atoms with van der Waals surface area (Å²) < 4.78 is 18.0. The zero-order chi connectivity index (χ0) is 21.0.